The summed E-state index contributed by atoms with van der Waals surface area (Å²) in [5, 5.41) is 0. The third kappa shape index (κ3) is 6.12. The van der Waals surface area contributed by atoms with Gasteiger partial charge >= 0.3 is 0 Å². The van der Waals surface area contributed by atoms with Crippen LogP contribution in [0.2, 0.25) is 0 Å². The first-order chi connectivity index (χ1) is 13.2. The van der Waals surface area contributed by atoms with Gasteiger partial charge in [0, 0.05) is 0 Å². The Morgan fingerprint density at radius 3 is 2.04 bits per heavy atom. The largest absolute Gasteiger partial charge is 0.251 e. The molecule has 2 aliphatic carbocycles. The van der Waals surface area contributed by atoms with Crippen LogP contribution in [0.1, 0.15) is 82.1 Å². The van der Waals surface area contributed by atoms with Crippen molar-refractivity contribution in [3.63, 3.8) is 0 Å². The molecule has 0 aromatic heterocycles. The van der Waals surface area contributed by atoms with Gasteiger partial charge in [-0.15, -0.1) is 0 Å². The van der Waals surface area contributed by atoms with Crippen LogP contribution in [-0.2, 0) is 0 Å². The maximum absolute atomic E-state index is 13.5. The van der Waals surface area contributed by atoms with E-state index in [1.165, 1.54) is 63.5 Å². The average molecular weight is 379 g/mol. The van der Waals surface area contributed by atoms with Gasteiger partial charge in [-0.3, -0.25) is 4.39 Å². The van der Waals surface area contributed by atoms with E-state index < -0.39 is 11.6 Å². The monoisotopic (exact) mass is 378 g/mol. The fourth-order valence-corrected chi connectivity index (χ4v) is 5.04. The molecule has 0 aliphatic heterocycles. The quantitative estimate of drug-likeness (QED) is 0.426. The molecule has 0 nitrogen and oxygen atoms in total. The highest BCUT2D eigenvalue weighted by atomic mass is 19.2. The van der Waals surface area contributed by atoms with E-state index in [9.17, 15) is 13.2 Å². The van der Waals surface area contributed by atoms with E-state index in [4.69, 9.17) is 0 Å². The second kappa shape index (κ2) is 10.3. The maximum atomic E-state index is 13.5. The Bertz CT molecular complexity index is 594. The number of allylic oxidation sites excluding steroid dienone is 2. The van der Waals surface area contributed by atoms with Crippen LogP contribution in [0.4, 0.5) is 13.2 Å². The summed E-state index contributed by atoms with van der Waals surface area (Å²) in [5.41, 5.74) is 0.964. The topological polar surface area (TPSA) is 0 Å². The molecule has 0 heterocycles. The molecule has 3 heteroatoms. The van der Waals surface area contributed by atoms with Gasteiger partial charge in [-0.05, 0) is 99.2 Å². The summed E-state index contributed by atoms with van der Waals surface area (Å²) in [7, 11) is 0. The molecule has 150 valence electrons. The smallest absolute Gasteiger partial charge is 0.159 e. The van der Waals surface area contributed by atoms with Crippen LogP contribution in [0.3, 0.4) is 0 Å². The van der Waals surface area contributed by atoms with E-state index in [-0.39, 0.29) is 6.67 Å². The van der Waals surface area contributed by atoms with Crippen molar-refractivity contribution in [3.05, 3.63) is 47.5 Å². The number of halogens is 3. The van der Waals surface area contributed by atoms with Gasteiger partial charge in [0.25, 0.3) is 0 Å². The van der Waals surface area contributed by atoms with Crippen LogP contribution >= 0.6 is 0 Å². The maximum Gasteiger partial charge on any atom is 0.159 e. The van der Waals surface area contributed by atoms with Crippen molar-refractivity contribution in [2.24, 2.45) is 17.8 Å². The summed E-state index contributed by atoms with van der Waals surface area (Å²) in [4.78, 5) is 0. The molecule has 2 fully saturated rings. The molecule has 0 bridgehead atoms. The van der Waals surface area contributed by atoms with E-state index >= 15 is 0 Å². The molecule has 0 N–H and O–H groups in total. The average Bonchev–Trinajstić information content (AvgIpc) is 2.70. The lowest BCUT2D eigenvalue weighted by atomic mass is 9.74. The first-order valence-electron chi connectivity index (χ1n) is 10.8. The van der Waals surface area contributed by atoms with Crippen LogP contribution in [0.15, 0.2) is 30.4 Å². The van der Waals surface area contributed by atoms with E-state index in [1.807, 2.05) is 6.08 Å². The van der Waals surface area contributed by atoms with Crippen molar-refractivity contribution in [1.29, 1.82) is 0 Å². The number of alkyl halides is 1. The number of rotatable bonds is 7. The van der Waals surface area contributed by atoms with Gasteiger partial charge in [0.1, 0.15) is 0 Å². The van der Waals surface area contributed by atoms with Crippen molar-refractivity contribution in [1.82, 2.24) is 0 Å². The fourth-order valence-electron chi connectivity index (χ4n) is 5.04. The Hall–Kier alpha value is -1.25. The van der Waals surface area contributed by atoms with E-state index in [0.717, 1.165) is 30.2 Å². The molecule has 0 radical (unpaired) electrons. The standard InChI is InChI=1S/C24H33F3/c25-16-2-1-3-18-4-6-19(7-5-18)8-9-20-10-12-21(13-11-20)22-14-15-23(26)24(27)17-22/h1,3,14-15,17-21H,2,4-13,16H2/b3-1+/t18-,19-,20-,21-. The van der Waals surface area contributed by atoms with Gasteiger partial charge in [-0.2, -0.15) is 0 Å². The normalized spacial score (nSPS) is 29.3. The molecule has 1 aromatic carbocycles. The molecule has 0 saturated heterocycles. The predicted octanol–water partition coefficient (Wildman–Crippen LogP) is 7.74. The zero-order valence-electron chi connectivity index (χ0n) is 16.3. The molecule has 0 spiro atoms. The SMILES string of the molecule is FCC/C=C/[C@H]1CC[C@H](CC[C@H]2CC[C@H](c3ccc(F)c(F)c3)CC2)CC1. The Kier molecular flexibility index (Phi) is 7.84. The van der Waals surface area contributed by atoms with E-state index in [0.29, 0.717) is 18.3 Å². The first-order valence-corrected chi connectivity index (χ1v) is 10.8. The second-order valence-corrected chi connectivity index (χ2v) is 8.66. The molecule has 2 saturated carbocycles. The van der Waals surface area contributed by atoms with Crippen LogP contribution in [0.5, 0.6) is 0 Å². The highest BCUT2D eigenvalue weighted by Gasteiger charge is 2.25. The lowest BCUT2D eigenvalue weighted by molar-refractivity contribution is 0.246. The molecule has 2 aliphatic rings. The zero-order chi connectivity index (χ0) is 19.1. The minimum atomic E-state index is -0.750. The van der Waals surface area contributed by atoms with Crippen molar-refractivity contribution >= 4 is 0 Å². The number of benzene rings is 1. The Balaban J connectivity index is 1.35. The predicted molar refractivity (Wildman–Crippen MR) is 105 cm³/mol. The van der Waals surface area contributed by atoms with Crippen molar-refractivity contribution < 1.29 is 13.2 Å². The van der Waals surface area contributed by atoms with Crippen LogP contribution in [0, 0.1) is 29.4 Å². The van der Waals surface area contributed by atoms with E-state index in [1.54, 1.807) is 6.07 Å². The highest BCUT2D eigenvalue weighted by Crippen LogP contribution is 2.40. The molecule has 3 rings (SSSR count). The summed E-state index contributed by atoms with van der Waals surface area (Å²) >= 11 is 0. The molecular weight excluding hydrogens is 345 g/mol. The van der Waals surface area contributed by atoms with Crippen molar-refractivity contribution in [2.45, 2.75) is 76.5 Å². The molecule has 1 aromatic rings. The summed E-state index contributed by atoms with van der Waals surface area (Å²) in [5.74, 6) is 1.25. The minimum absolute atomic E-state index is 0.246. The van der Waals surface area contributed by atoms with Gasteiger partial charge in [0.05, 0.1) is 6.67 Å². The van der Waals surface area contributed by atoms with Crippen LogP contribution in [-0.4, -0.2) is 6.67 Å². The van der Waals surface area contributed by atoms with Crippen LogP contribution < -0.4 is 0 Å². The first kappa shape index (κ1) is 20.5. The highest BCUT2D eigenvalue weighted by molar-refractivity contribution is 5.22. The fraction of sp³-hybridized carbons (Fsp3) is 0.667. The van der Waals surface area contributed by atoms with Gasteiger partial charge in [0.15, 0.2) is 11.6 Å². The third-order valence-electron chi connectivity index (χ3n) is 6.82. The van der Waals surface area contributed by atoms with Crippen LogP contribution in [0.25, 0.3) is 0 Å². The van der Waals surface area contributed by atoms with E-state index in [2.05, 4.69) is 6.08 Å². The lowest BCUT2D eigenvalue weighted by Crippen LogP contribution is -2.17. The number of hydrogen-bond acceptors (Lipinski definition) is 0. The summed E-state index contributed by atoms with van der Waals surface area (Å²) in [6, 6.07) is 4.41. The molecule has 0 atom stereocenters. The van der Waals surface area contributed by atoms with Gasteiger partial charge in [-0.1, -0.05) is 31.1 Å². The number of hydrogen-bond donors (Lipinski definition) is 0. The van der Waals surface area contributed by atoms with Crippen molar-refractivity contribution in [2.75, 3.05) is 6.67 Å². The summed E-state index contributed by atoms with van der Waals surface area (Å²) in [6.07, 6.45) is 17.2. The Labute approximate surface area is 162 Å². The summed E-state index contributed by atoms with van der Waals surface area (Å²) in [6.45, 7) is -0.246. The Morgan fingerprint density at radius 1 is 0.815 bits per heavy atom. The second-order valence-electron chi connectivity index (χ2n) is 8.66. The zero-order valence-corrected chi connectivity index (χ0v) is 16.3. The third-order valence-corrected chi connectivity index (χ3v) is 6.82. The van der Waals surface area contributed by atoms with Gasteiger partial charge in [0.2, 0.25) is 0 Å². The molecule has 27 heavy (non-hydrogen) atoms. The summed E-state index contributed by atoms with van der Waals surface area (Å²) < 4.78 is 38.7. The Morgan fingerprint density at radius 2 is 1.44 bits per heavy atom. The molecular formula is C24H33F3. The minimum Gasteiger partial charge on any atom is -0.251 e. The molecule has 0 unspecified atom stereocenters. The van der Waals surface area contributed by atoms with Gasteiger partial charge in [-0.25, -0.2) is 8.78 Å². The van der Waals surface area contributed by atoms with Gasteiger partial charge < -0.3 is 0 Å². The lowest BCUT2D eigenvalue weighted by Gasteiger charge is -2.31. The molecule has 0 amide bonds. The van der Waals surface area contributed by atoms with Crippen molar-refractivity contribution in [3.8, 4) is 0 Å².